The van der Waals surface area contributed by atoms with Crippen molar-refractivity contribution >= 4 is 0 Å². The van der Waals surface area contributed by atoms with E-state index in [1.54, 1.807) is 0 Å². The first-order chi connectivity index (χ1) is 13.8. The van der Waals surface area contributed by atoms with E-state index in [1.165, 1.54) is 142 Å². The van der Waals surface area contributed by atoms with Crippen LogP contribution in [0.3, 0.4) is 0 Å². The van der Waals surface area contributed by atoms with Crippen molar-refractivity contribution in [3.63, 3.8) is 0 Å². The molecule has 28 heavy (non-hydrogen) atoms. The van der Waals surface area contributed by atoms with Crippen molar-refractivity contribution in [2.75, 3.05) is 19.6 Å². The Balaban J connectivity index is 3.82. The lowest BCUT2D eigenvalue weighted by molar-refractivity contribution is 0.254. The molecule has 0 amide bonds. The Morgan fingerprint density at radius 2 is 0.821 bits per heavy atom. The summed E-state index contributed by atoms with van der Waals surface area (Å²) >= 11 is 0. The van der Waals surface area contributed by atoms with Gasteiger partial charge in [-0.25, -0.2) is 0 Å². The van der Waals surface area contributed by atoms with E-state index < -0.39 is 0 Å². The summed E-state index contributed by atoms with van der Waals surface area (Å²) in [6, 6.07) is 0. The summed E-state index contributed by atoms with van der Waals surface area (Å²) in [5.41, 5.74) is 0. The van der Waals surface area contributed by atoms with Crippen molar-refractivity contribution < 1.29 is 0 Å². The number of unbranched alkanes of at least 4 members (excludes halogenated alkanes) is 16. The molecule has 0 aromatic rings. The van der Waals surface area contributed by atoms with Gasteiger partial charge in [0.15, 0.2) is 0 Å². The molecule has 0 radical (unpaired) electrons. The molecule has 1 heteroatoms. The topological polar surface area (TPSA) is 3.24 Å². The van der Waals surface area contributed by atoms with Crippen LogP contribution >= 0.6 is 0 Å². The van der Waals surface area contributed by atoms with E-state index in [1.807, 2.05) is 0 Å². The van der Waals surface area contributed by atoms with Crippen LogP contribution in [0.5, 0.6) is 0 Å². The van der Waals surface area contributed by atoms with Gasteiger partial charge in [-0.2, -0.15) is 0 Å². The lowest BCUT2D eigenvalue weighted by Gasteiger charge is -2.22. The number of nitrogens with zero attached hydrogens (tertiary/aromatic N) is 1. The second kappa shape index (κ2) is 24.7. The predicted octanol–water partition coefficient (Wildman–Crippen LogP) is 9.32. The van der Waals surface area contributed by atoms with E-state index in [2.05, 4.69) is 37.8 Å². The smallest absolute Gasteiger partial charge is 0.00187 e. The van der Waals surface area contributed by atoms with Gasteiger partial charge in [0.25, 0.3) is 0 Å². The van der Waals surface area contributed by atoms with Crippen LogP contribution in [0, 0.1) is 0 Å². The zero-order valence-corrected chi connectivity index (χ0v) is 20.2. The summed E-state index contributed by atoms with van der Waals surface area (Å²) in [6.07, 6.45) is 31.4. The minimum Gasteiger partial charge on any atom is -0.303 e. The lowest BCUT2D eigenvalue weighted by atomic mass is 10.1. The lowest BCUT2D eigenvalue weighted by Crippen LogP contribution is -2.27. The minimum atomic E-state index is 1.27. The van der Waals surface area contributed by atoms with Crippen LogP contribution in [0.15, 0.2) is 12.2 Å². The summed E-state index contributed by atoms with van der Waals surface area (Å²) in [5.74, 6) is 0. The third-order valence-corrected chi connectivity index (χ3v) is 5.99. The van der Waals surface area contributed by atoms with E-state index in [0.29, 0.717) is 0 Å². The average molecular weight is 394 g/mol. The fraction of sp³-hybridized carbons (Fsp3) is 0.926. The van der Waals surface area contributed by atoms with E-state index in [0.717, 1.165) is 0 Å². The molecule has 0 rings (SSSR count). The van der Waals surface area contributed by atoms with Crippen LogP contribution in [0.2, 0.25) is 0 Å². The quantitative estimate of drug-likeness (QED) is 0.123. The van der Waals surface area contributed by atoms with Crippen molar-refractivity contribution in [2.24, 2.45) is 0 Å². The molecule has 0 saturated heterocycles. The van der Waals surface area contributed by atoms with Gasteiger partial charge >= 0.3 is 0 Å². The first-order valence-corrected chi connectivity index (χ1v) is 13.2. The molecule has 0 aromatic carbocycles. The number of rotatable bonds is 23. The molecule has 0 spiro atoms. The summed E-state index contributed by atoms with van der Waals surface area (Å²) in [7, 11) is 0. The van der Waals surface area contributed by atoms with Crippen molar-refractivity contribution in [1.29, 1.82) is 0 Å². The maximum absolute atomic E-state index is 2.80. The van der Waals surface area contributed by atoms with E-state index in [9.17, 15) is 0 Å². The SMILES string of the molecule is C/C=C/CCCCCCN(CCCCCCCCC)CCCCCCCCC. The molecular weight excluding hydrogens is 338 g/mol. The van der Waals surface area contributed by atoms with Gasteiger partial charge in [-0.3, -0.25) is 0 Å². The van der Waals surface area contributed by atoms with E-state index >= 15 is 0 Å². The Hall–Kier alpha value is -0.300. The second-order valence-corrected chi connectivity index (χ2v) is 8.86. The van der Waals surface area contributed by atoms with Crippen LogP contribution < -0.4 is 0 Å². The van der Waals surface area contributed by atoms with Gasteiger partial charge in [0, 0.05) is 0 Å². The zero-order chi connectivity index (χ0) is 20.5. The normalized spacial score (nSPS) is 11.9. The van der Waals surface area contributed by atoms with Crippen molar-refractivity contribution in [2.45, 2.75) is 143 Å². The molecule has 0 aliphatic carbocycles. The Bertz CT molecular complexity index is 279. The van der Waals surface area contributed by atoms with Gasteiger partial charge in [0.1, 0.15) is 0 Å². The average Bonchev–Trinajstić information content (AvgIpc) is 2.71. The monoisotopic (exact) mass is 393 g/mol. The van der Waals surface area contributed by atoms with Crippen LogP contribution in [0.1, 0.15) is 143 Å². The summed E-state index contributed by atoms with van der Waals surface area (Å²) in [4.78, 5) is 2.80. The van der Waals surface area contributed by atoms with Gasteiger partial charge in [-0.05, 0) is 58.7 Å². The highest BCUT2D eigenvalue weighted by Crippen LogP contribution is 2.12. The zero-order valence-electron chi connectivity index (χ0n) is 20.2. The highest BCUT2D eigenvalue weighted by Gasteiger charge is 2.05. The van der Waals surface area contributed by atoms with Crippen LogP contribution in [0.4, 0.5) is 0 Å². The Kier molecular flexibility index (Phi) is 24.5. The molecule has 1 nitrogen and oxygen atoms in total. The maximum atomic E-state index is 2.80. The maximum Gasteiger partial charge on any atom is -0.00187 e. The van der Waals surface area contributed by atoms with Crippen molar-refractivity contribution in [3.8, 4) is 0 Å². The summed E-state index contributed by atoms with van der Waals surface area (Å²) in [5, 5.41) is 0. The molecule has 0 bridgehead atoms. The Labute approximate surface area is 179 Å². The van der Waals surface area contributed by atoms with Crippen LogP contribution in [-0.2, 0) is 0 Å². The second-order valence-electron chi connectivity index (χ2n) is 8.86. The molecule has 168 valence electrons. The van der Waals surface area contributed by atoms with Crippen molar-refractivity contribution in [3.05, 3.63) is 12.2 Å². The van der Waals surface area contributed by atoms with Gasteiger partial charge in [-0.1, -0.05) is 116 Å². The first kappa shape index (κ1) is 27.7. The van der Waals surface area contributed by atoms with Crippen LogP contribution in [-0.4, -0.2) is 24.5 Å². The largest absolute Gasteiger partial charge is 0.303 e. The summed E-state index contributed by atoms with van der Waals surface area (Å²) in [6.45, 7) is 10.8. The van der Waals surface area contributed by atoms with Gasteiger partial charge in [0.05, 0.1) is 0 Å². The minimum absolute atomic E-state index is 1.27. The third-order valence-electron chi connectivity index (χ3n) is 5.99. The molecule has 0 aliphatic rings. The fourth-order valence-electron chi connectivity index (χ4n) is 4.04. The molecule has 0 aliphatic heterocycles. The predicted molar refractivity (Wildman–Crippen MR) is 130 cm³/mol. The molecular formula is C27H55N. The van der Waals surface area contributed by atoms with E-state index in [-0.39, 0.29) is 0 Å². The number of allylic oxidation sites excluding steroid dienone is 2. The summed E-state index contributed by atoms with van der Waals surface area (Å²) < 4.78 is 0. The molecule has 0 heterocycles. The highest BCUT2D eigenvalue weighted by atomic mass is 15.1. The molecule has 0 unspecified atom stereocenters. The molecule has 0 fully saturated rings. The number of hydrogen-bond donors (Lipinski definition) is 0. The Morgan fingerprint density at radius 1 is 0.464 bits per heavy atom. The molecule has 0 saturated carbocycles. The first-order valence-electron chi connectivity index (χ1n) is 13.2. The van der Waals surface area contributed by atoms with Gasteiger partial charge in [0.2, 0.25) is 0 Å². The number of hydrogen-bond acceptors (Lipinski definition) is 1. The van der Waals surface area contributed by atoms with Crippen LogP contribution in [0.25, 0.3) is 0 Å². The molecule has 0 atom stereocenters. The third kappa shape index (κ3) is 22.0. The molecule has 0 N–H and O–H groups in total. The van der Waals surface area contributed by atoms with E-state index in [4.69, 9.17) is 0 Å². The fourth-order valence-corrected chi connectivity index (χ4v) is 4.04. The van der Waals surface area contributed by atoms with Gasteiger partial charge in [-0.15, -0.1) is 0 Å². The molecule has 0 aromatic heterocycles. The van der Waals surface area contributed by atoms with Crippen molar-refractivity contribution in [1.82, 2.24) is 4.90 Å². The highest BCUT2D eigenvalue weighted by molar-refractivity contribution is 4.76. The van der Waals surface area contributed by atoms with Gasteiger partial charge < -0.3 is 4.90 Å². The Morgan fingerprint density at radius 3 is 1.21 bits per heavy atom. The standard InChI is InChI=1S/C27H55N/c1-4-7-10-13-16-19-22-25-28(26-23-20-17-14-11-8-5-2)27-24-21-18-15-12-9-6-3/h4,7H,5-6,8-27H2,1-3H3/b7-4+.